The fraction of sp³-hybridized carbons (Fsp3) is 0.500. The first-order chi connectivity index (χ1) is 10.3. The minimum atomic E-state index is -4.14. The highest BCUT2D eigenvalue weighted by atomic mass is 32.2. The van der Waals surface area contributed by atoms with Gasteiger partial charge in [0.05, 0.1) is 0 Å². The van der Waals surface area contributed by atoms with Gasteiger partial charge in [-0.15, -0.1) is 0 Å². The first kappa shape index (κ1) is 16.9. The molecule has 1 aliphatic rings. The number of nitrogens with zero attached hydrogens (tertiary/aromatic N) is 1. The SMILES string of the molecule is C[C@@H]1CCCN(C(=O)c2ccc(S(N)(=O)=O)c(F)c2)[C@@H]1CN. The standard InChI is InChI=1S/C14H20FN3O3S/c1-9-3-2-6-18(12(9)8-16)14(19)10-4-5-13(11(15)7-10)22(17,20)21/h4-5,7,9,12H,2-3,6,8,16H2,1H3,(H2,17,20,21)/t9-,12-/m1/s1. The average Bonchev–Trinajstić information content (AvgIpc) is 2.44. The number of hydrogen-bond acceptors (Lipinski definition) is 4. The van der Waals surface area contributed by atoms with Crippen LogP contribution in [0.15, 0.2) is 23.1 Å². The maximum atomic E-state index is 13.9. The van der Waals surface area contributed by atoms with E-state index in [0.717, 1.165) is 25.0 Å². The lowest BCUT2D eigenvalue weighted by Gasteiger charge is -2.39. The number of benzene rings is 1. The molecule has 0 saturated carbocycles. The number of carbonyl (C=O) groups excluding carboxylic acids is 1. The van der Waals surface area contributed by atoms with E-state index in [0.29, 0.717) is 13.1 Å². The second kappa shape index (κ2) is 6.31. The van der Waals surface area contributed by atoms with Crippen LogP contribution < -0.4 is 10.9 Å². The Hall–Kier alpha value is -1.51. The van der Waals surface area contributed by atoms with Crippen LogP contribution in [0.3, 0.4) is 0 Å². The number of primary sulfonamides is 1. The highest BCUT2D eigenvalue weighted by Crippen LogP contribution is 2.25. The fourth-order valence-corrected chi connectivity index (χ4v) is 3.48. The zero-order valence-corrected chi connectivity index (χ0v) is 13.1. The fourth-order valence-electron chi connectivity index (χ4n) is 2.89. The van der Waals surface area contributed by atoms with Gasteiger partial charge in [-0.2, -0.15) is 0 Å². The number of hydrogen-bond donors (Lipinski definition) is 2. The molecule has 1 fully saturated rings. The normalized spacial score (nSPS) is 22.6. The van der Waals surface area contributed by atoms with Crippen LogP contribution in [0.5, 0.6) is 0 Å². The summed E-state index contributed by atoms with van der Waals surface area (Å²) in [5.74, 6) is -1.10. The quantitative estimate of drug-likeness (QED) is 0.850. The van der Waals surface area contributed by atoms with E-state index in [1.165, 1.54) is 6.07 Å². The van der Waals surface area contributed by atoms with Gasteiger partial charge in [0.15, 0.2) is 0 Å². The maximum Gasteiger partial charge on any atom is 0.254 e. The van der Waals surface area contributed by atoms with Crippen LogP contribution in [-0.4, -0.2) is 38.4 Å². The van der Waals surface area contributed by atoms with Gasteiger partial charge in [-0.25, -0.2) is 17.9 Å². The molecule has 22 heavy (non-hydrogen) atoms. The van der Waals surface area contributed by atoms with Gasteiger partial charge in [-0.1, -0.05) is 6.92 Å². The average molecular weight is 329 g/mol. The Balaban J connectivity index is 2.31. The number of amides is 1. The van der Waals surface area contributed by atoms with Crippen LogP contribution in [0.25, 0.3) is 0 Å². The molecule has 0 bridgehead atoms. The first-order valence-corrected chi connectivity index (χ1v) is 8.63. The molecule has 1 aromatic carbocycles. The van der Waals surface area contributed by atoms with Gasteiger partial charge in [0, 0.05) is 24.7 Å². The third-order valence-electron chi connectivity index (χ3n) is 4.10. The molecule has 0 aromatic heterocycles. The zero-order valence-electron chi connectivity index (χ0n) is 12.3. The van der Waals surface area contributed by atoms with Gasteiger partial charge in [0.2, 0.25) is 10.0 Å². The predicted molar refractivity (Wildman–Crippen MR) is 80.1 cm³/mol. The summed E-state index contributed by atoms with van der Waals surface area (Å²) in [6.07, 6.45) is 1.85. The van der Waals surface area contributed by atoms with Crippen molar-refractivity contribution in [1.29, 1.82) is 0 Å². The number of carbonyl (C=O) groups is 1. The zero-order chi connectivity index (χ0) is 16.5. The third kappa shape index (κ3) is 3.29. The molecule has 0 unspecified atom stereocenters. The molecule has 6 nitrogen and oxygen atoms in total. The summed E-state index contributed by atoms with van der Waals surface area (Å²) in [5, 5.41) is 4.91. The smallest absolute Gasteiger partial charge is 0.254 e. The molecule has 1 saturated heterocycles. The largest absolute Gasteiger partial charge is 0.334 e. The maximum absolute atomic E-state index is 13.9. The lowest BCUT2D eigenvalue weighted by molar-refractivity contribution is 0.0532. The molecule has 0 radical (unpaired) electrons. The summed E-state index contributed by atoms with van der Waals surface area (Å²) >= 11 is 0. The van der Waals surface area contributed by atoms with Gasteiger partial charge in [-0.05, 0) is 37.0 Å². The molecule has 1 amide bonds. The number of rotatable bonds is 3. The van der Waals surface area contributed by atoms with E-state index in [-0.39, 0.29) is 23.4 Å². The molecule has 2 atom stereocenters. The van der Waals surface area contributed by atoms with Crippen LogP contribution in [-0.2, 0) is 10.0 Å². The number of likely N-dealkylation sites (tertiary alicyclic amines) is 1. The van der Waals surface area contributed by atoms with Gasteiger partial charge in [0.25, 0.3) is 5.91 Å². The minimum absolute atomic E-state index is 0.0949. The van der Waals surface area contributed by atoms with Crippen molar-refractivity contribution in [1.82, 2.24) is 4.90 Å². The lowest BCUT2D eigenvalue weighted by atomic mass is 9.90. The van der Waals surface area contributed by atoms with Crippen LogP contribution >= 0.6 is 0 Å². The highest BCUT2D eigenvalue weighted by molar-refractivity contribution is 7.89. The summed E-state index contributed by atoms with van der Waals surface area (Å²) in [6.45, 7) is 2.93. The Morgan fingerprint density at radius 1 is 1.45 bits per heavy atom. The Bertz CT molecular complexity index is 678. The van der Waals surface area contributed by atoms with Gasteiger partial charge >= 0.3 is 0 Å². The second-order valence-electron chi connectivity index (χ2n) is 5.61. The molecule has 0 aliphatic carbocycles. The van der Waals surface area contributed by atoms with Crippen molar-refractivity contribution in [2.24, 2.45) is 16.8 Å². The lowest BCUT2D eigenvalue weighted by Crippen LogP contribution is -2.51. The molecular formula is C14H20FN3O3S. The molecule has 1 aromatic rings. The summed E-state index contributed by atoms with van der Waals surface area (Å²) in [7, 11) is -4.14. The van der Waals surface area contributed by atoms with E-state index < -0.39 is 20.7 Å². The van der Waals surface area contributed by atoms with Crippen LogP contribution in [0, 0.1) is 11.7 Å². The van der Waals surface area contributed by atoms with Crippen molar-refractivity contribution in [3.8, 4) is 0 Å². The molecule has 122 valence electrons. The van der Waals surface area contributed by atoms with Crippen molar-refractivity contribution < 1.29 is 17.6 Å². The highest BCUT2D eigenvalue weighted by Gasteiger charge is 2.31. The van der Waals surface area contributed by atoms with Crippen LogP contribution in [0.2, 0.25) is 0 Å². The van der Waals surface area contributed by atoms with Crippen molar-refractivity contribution in [3.05, 3.63) is 29.6 Å². The Morgan fingerprint density at radius 3 is 2.68 bits per heavy atom. The molecule has 8 heteroatoms. The Labute approximate surface area is 129 Å². The second-order valence-corrected chi connectivity index (χ2v) is 7.14. The van der Waals surface area contributed by atoms with Crippen molar-refractivity contribution in [3.63, 3.8) is 0 Å². The molecule has 2 rings (SSSR count). The van der Waals surface area contributed by atoms with Crippen molar-refractivity contribution in [2.45, 2.75) is 30.7 Å². The van der Waals surface area contributed by atoms with E-state index in [1.54, 1.807) is 4.90 Å². The van der Waals surface area contributed by atoms with E-state index in [2.05, 4.69) is 0 Å². The summed E-state index contributed by atoms with van der Waals surface area (Å²) < 4.78 is 36.3. The Kier molecular flexibility index (Phi) is 4.84. The van der Waals surface area contributed by atoms with Gasteiger partial charge in [0.1, 0.15) is 10.7 Å². The van der Waals surface area contributed by atoms with E-state index >= 15 is 0 Å². The molecular weight excluding hydrogens is 309 g/mol. The van der Waals surface area contributed by atoms with Crippen molar-refractivity contribution >= 4 is 15.9 Å². The number of piperidine rings is 1. The Morgan fingerprint density at radius 2 is 2.14 bits per heavy atom. The molecule has 0 spiro atoms. The molecule has 1 heterocycles. The summed E-state index contributed by atoms with van der Waals surface area (Å²) in [5.41, 5.74) is 5.84. The first-order valence-electron chi connectivity index (χ1n) is 7.09. The molecule has 1 aliphatic heterocycles. The predicted octanol–water partition coefficient (Wildman–Crippen LogP) is 0.672. The van der Waals surface area contributed by atoms with Crippen LogP contribution in [0.4, 0.5) is 4.39 Å². The topological polar surface area (TPSA) is 106 Å². The van der Waals surface area contributed by atoms with Gasteiger partial charge in [-0.3, -0.25) is 4.79 Å². The number of nitrogens with two attached hydrogens (primary N) is 2. The minimum Gasteiger partial charge on any atom is -0.334 e. The van der Waals surface area contributed by atoms with E-state index in [9.17, 15) is 17.6 Å². The van der Waals surface area contributed by atoms with Crippen molar-refractivity contribution in [2.75, 3.05) is 13.1 Å². The van der Waals surface area contributed by atoms with Gasteiger partial charge < -0.3 is 10.6 Å². The monoisotopic (exact) mass is 329 g/mol. The number of sulfonamides is 1. The van der Waals surface area contributed by atoms with E-state index in [1.807, 2.05) is 6.92 Å². The summed E-state index contributed by atoms with van der Waals surface area (Å²) in [6, 6.07) is 3.11. The van der Waals surface area contributed by atoms with E-state index in [4.69, 9.17) is 10.9 Å². The molecule has 4 N–H and O–H groups in total. The third-order valence-corrected chi connectivity index (χ3v) is 5.05. The number of halogens is 1. The van der Waals surface area contributed by atoms with Crippen LogP contribution in [0.1, 0.15) is 30.1 Å². The summed E-state index contributed by atoms with van der Waals surface area (Å²) in [4.78, 5) is 13.6.